The SMILES string of the molecule is CN(C)C1CCC(NC(=O)c2[nH]ncc2NC(=O)c2c(F)cccc2F)CC1.[HH]. The first kappa shape index (κ1) is 19.9. The molecule has 1 aromatic heterocycles. The number of hydrogen-bond donors (Lipinski definition) is 3. The van der Waals surface area contributed by atoms with Crippen LogP contribution in [0.1, 0.15) is 48.0 Å². The van der Waals surface area contributed by atoms with E-state index >= 15 is 0 Å². The van der Waals surface area contributed by atoms with Crippen molar-refractivity contribution in [2.45, 2.75) is 37.8 Å². The zero-order chi connectivity index (χ0) is 20.3. The maximum Gasteiger partial charge on any atom is 0.271 e. The van der Waals surface area contributed by atoms with Gasteiger partial charge in [0.1, 0.15) is 22.9 Å². The number of nitrogens with zero attached hydrogens (tertiary/aromatic N) is 2. The van der Waals surface area contributed by atoms with Gasteiger partial charge in [0.2, 0.25) is 0 Å². The average molecular weight is 393 g/mol. The first-order valence-corrected chi connectivity index (χ1v) is 9.13. The molecule has 0 spiro atoms. The number of nitrogens with one attached hydrogen (secondary N) is 3. The summed E-state index contributed by atoms with van der Waals surface area (Å²) >= 11 is 0. The molecule has 0 saturated heterocycles. The smallest absolute Gasteiger partial charge is 0.271 e. The predicted octanol–water partition coefficient (Wildman–Crippen LogP) is 2.79. The highest BCUT2D eigenvalue weighted by atomic mass is 19.1. The standard InChI is InChI=1S/C19H23F2N5O2.H2/c1-26(2)12-8-6-11(7-9-12)23-19(28)17-15(10-22-25-17)24-18(27)16-13(20)4-3-5-14(16)21;/h3-5,10-12H,6-9H2,1-2H3,(H,22,25)(H,23,28)(H,24,27);1H. The minimum absolute atomic E-state index is 0. The third kappa shape index (κ3) is 4.36. The quantitative estimate of drug-likeness (QED) is 0.729. The molecule has 152 valence electrons. The predicted molar refractivity (Wildman–Crippen MR) is 102 cm³/mol. The normalized spacial score (nSPS) is 19.5. The van der Waals surface area contributed by atoms with Crippen molar-refractivity contribution < 1.29 is 19.8 Å². The molecule has 1 aliphatic rings. The molecule has 1 heterocycles. The fourth-order valence-electron chi connectivity index (χ4n) is 3.45. The molecule has 2 amide bonds. The summed E-state index contributed by atoms with van der Waals surface area (Å²) in [4.78, 5) is 27.0. The van der Waals surface area contributed by atoms with Crippen LogP contribution < -0.4 is 10.6 Å². The van der Waals surface area contributed by atoms with E-state index in [-0.39, 0.29) is 18.8 Å². The van der Waals surface area contributed by atoms with Gasteiger partial charge in [0.25, 0.3) is 11.8 Å². The Morgan fingerprint density at radius 1 is 1.14 bits per heavy atom. The zero-order valence-electron chi connectivity index (χ0n) is 15.8. The van der Waals surface area contributed by atoms with Gasteiger partial charge in [0.15, 0.2) is 0 Å². The van der Waals surface area contributed by atoms with Crippen LogP contribution in [-0.2, 0) is 0 Å². The number of carbonyl (C=O) groups excluding carboxylic acids is 2. The molecule has 2 aromatic rings. The molecular formula is C19H25F2N5O2. The number of rotatable bonds is 5. The Labute approximate surface area is 163 Å². The topological polar surface area (TPSA) is 90.1 Å². The average Bonchev–Trinajstić information content (AvgIpc) is 3.10. The summed E-state index contributed by atoms with van der Waals surface area (Å²) in [6.45, 7) is 0. The monoisotopic (exact) mass is 393 g/mol. The lowest BCUT2D eigenvalue weighted by Crippen LogP contribution is -2.42. The lowest BCUT2D eigenvalue weighted by molar-refractivity contribution is 0.0912. The van der Waals surface area contributed by atoms with Gasteiger partial charge in [-0.3, -0.25) is 14.7 Å². The molecule has 1 fully saturated rings. The van der Waals surface area contributed by atoms with E-state index in [0.29, 0.717) is 6.04 Å². The molecule has 3 rings (SSSR count). The first-order chi connectivity index (χ1) is 13.4. The summed E-state index contributed by atoms with van der Waals surface area (Å²) in [6, 6.07) is 3.68. The van der Waals surface area contributed by atoms with Gasteiger partial charge in [-0.2, -0.15) is 5.10 Å². The molecular weight excluding hydrogens is 368 g/mol. The second-order valence-electron chi connectivity index (χ2n) is 7.15. The Bertz CT molecular complexity index is 846. The lowest BCUT2D eigenvalue weighted by Gasteiger charge is -2.32. The van der Waals surface area contributed by atoms with Gasteiger partial charge in [-0.25, -0.2) is 8.78 Å². The van der Waals surface area contributed by atoms with Crippen molar-refractivity contribution >= 4 is 17.5 Å². The molecule has 0 bridgehead atoms. The van der Waals surface area contributed by atoms with Crippen molar-refractivity contribution in [1.82, 2.24) is 20.4 Å². The van der Waals surface area contributed by atoms with Gasteiger partial charge < -0.3 is 15.5 Å². The van der Waals surface area contributed by atoms with Gasteiger partial charge in [-0.05, 0) is 51.9 Å². The van der Waals surface area contributed by atoms with E-state index in [1.54, 1.807) is 0 Å². The number of halogens is 2. The van der Waals surface area contributed by atoms with E-state index in [0.717, 1.165) is 37.8 Å². The van der Waals surface area contributed by atoms with E-state index in [9.17, 15) is 18.4 Å². The van der Waals surface area contributed by atoms with Crippen molar-refractivity contribution in [3.63, 3.8) is 0 Å². The van der Waals surface area contributed by atoms with Crippen LogP contribution in [0.5, 0.6) is 0 Å². The minimum atomic E-state index is -0.988. The van der Waals surface area contributed by atoms with Crippen LogP contribution in [0.15, 0.2) is 24.4 Å². The molecule has 0 unspecified atom stereocenters. The Kier molecular flexibility index (Phi) is 6.03. The van der Waals surface area contributed by atoms with Gasteiger partial charge in [0.05, 0.1) is 11.9 Å². The molecule has 0 aliphatic heterocycles. The lowest BCUT2D eigenvalue weighted by atomic mass is 9.90. The van der Waals surface area contributed by atoms with Crippen LogP contribution in [0, 0.1) is 11.6 Å². The van der Waals surface area contributed by atoms with Crippen molar-refractivity contribution in [3.8, 4) is 0 Å². The second-order valence-corrected chi connectivity index (χ2v) is 7.15. The van der Waals surface area contributed by atoms with Crippen molar-refractivity contribution in [2.24, 2.45) is 0 Å². The summed E-state index contributed by atoms with van der Waals surface area (Å²) in [6.07, 6.45) is 4.90. The highest BCUT2D eigenvalue weighted by Crippen LogP contribution is 2.23. The van der Waals surface area contributed by atoms with Crippen molar-refractivity contribution in [3.05, 3.63) is 47.3 Å². The molecule has 9 heteroatoms. The number of aromatic amines is 1. The molecule has 1 aliphatic carbocycles. The van der Waals surface area contributed by atoms with Crippen LogP contribution in [-0.4, -0.2) is 53.1 Å². The molecule has 1 aromatic carbocycles. The number of anilines is 1. The Morgan fingerprint density at radius 3 is 2.39 bits per heavy atom. The van der Waals surface area contributed by atoms with Crippen LogP contribution in [0.3, 0.4) is 0 Å². The second kappa shape index (κ2) is 8.47. The van der Waals surface area contributed by atoms with Crippen LogP contribution in [0.4, 0.5) is 14.5 Å². The molecule has 0 radical (unpaired) electrons. The highest BCUT2D eigenvalue weighted by molar-refractivity contribution is 6.08. The summed E-state index contributed by atoms with van der Waals surface area (Å²) in [5.74, 6) is -3.37. The van der Waals surface area contributed by atoms with Gasteiger partial charge in [-0.1, -0.05) is 6.07 Å². The highest BCUT2D eigenvalue weighted by Gasteiger charge is 2.26. The Hall–Kier alpha value is -2.81. The maximum absolute atomic E-state index is 13.8. The fraction of sp³-hybridized carbons (Fsp3) is 0.421. The van der Waals surface area contributed by atoms with Crippen LogP contribution in [0.2, 0.25) is 0 Å². The van der Waals surface area contributed by atoms with E-state index in [2.05, 4.69) is 25.7 Å². The third-order valence-electron chi connectivity index (χ3n) is 5.07. The van der Waals surface area contributed by atoms with E-state index in [1.807, 2.05) is 14.1 Å². The Morgan fingerprint density at radius 2 is 1.79 bits per heavy atom. The van der Waals surface area contributed by atoms with Gasteiger partial charge in [-0.15, -0.1) is 0 Å². The summed E-state index contributed by atoms with van der Waals surface area (Å²) in [7, 11) is 4.09. The number of hydrogen-bond acceptors (Lipinski definition) is 4. The minimum Gasteiger partial charge on any atom is -0.348 e. The van der Waals surface area contributed by atoms with Crippen LogP contribution in [0.25, 0.3) is 0 Å². The summed E-state index contributed by atoms with van der Waals surface area (Å²) < 4.78 is 27.6. The summed E-state index contributed by atoms with van der Waals surface area (Å²) in [5.41, 5.74) is -0.607. The number of aromatic nitrogens is 2. The van der Waals surface area contributed by atoms with Gasteiger partial charge in [0, 0.05) is 13.5 Å². The zero-order valence-corrected chi connectivity index (χ0v) is 15.8. The molecule has 3 N–H and O–H groups in total. The van der Waals surface area contributed by atoms with Crippen molar-refractivity contribution in [2.75, 3.05) is 19.4 Å². The number of carbonyl (C=O) groups is 2. The Balaban J connectivity index is 0.00000300. The molecule has 0 atom stereocenters. The third-order valence-corrected chi connectivity index (χ3v) is 5.07. The number of H-pyrrole nitrogens is 1. The van der Waals surface area contributed by atoms with Crippen molar-refractivity contribution in [1.29, 1.82) is 0 Å². The fourth-order valence-corrected chi connectivity index (χ4v) is 3.45. The van der Waals surface area contributed by atoms with Crippen LogP contribution >= 0.6 is 0 Å². The summed E-state index contributed by atoms with van der Waals surface area (Å²) in [5, 5.41) is 11.6. The maximum atomic E-state index is 13.8. The largest absolute Gasteiger partial charge is 0.348 e. The van der Waals surface area contributed by atoms with E-state index in [1.165, 1.54) is 12.3 Å². The number of amides is 2. The van der Waals surface area contributed by atoms with Gasteiger partial charge >= 0.3 is 0 Å². The molecule has 1 saturated carbocycles. The van der Waals surface area contributed by atoms with E-state index < -0.39 is 29.0 Å². The molecule has 7 nitrogen and oxygen atoms in total. The first-order valence-electron chi connectivity index (χ1n) is 9.13. The van der Waals surface area contributed by atoms with E-state index in [4.69, 9.17) is 0 Å². The molecule has 28 heavy (non-hydrogen) atoms. The number of benzene rings is 1.